The maximum absolute atomic E-state index is 6.50. The van der Waals surface area contributed by atoms with Crippen molar-refractivity contribution in [1.29, 1.82) is 0 Å². The molecule has 0 rings (SSSR count). The van der Waals surface area contributed by atoms with Crippen molar-refractivity contribution in [1.82, 2.24) is 0 Å². The van der Waals surface area contributed by atoms with Crippen molar-refractivity contribution >= 4 is 0 Å². The standard InChI is InChI=1S/C27H59N3.C2H7N.C2H6/c1-11-14-23(3,4)19-27(15-12-13-16-28,20-24(5,6)17-22(2)29)21-25(7,8)18-26(9,10)30;1-2-3;1-2/h22H,11-21,28-30H2,1-10H3;2-3H2,1H3;1-2H3. The summed E-state index contributed by atoms with van der Waals surface area (Å²) in [7, 11) is 0. The molecule has 0 radical (unpaired) electrons. The fraction of sp³-hybridized carbons (Fsp3) is 1.00. The largest absolute Gasteiger partial charge is 0.331 e. The van der Waals surface area contributed by atoms with E-state index < -0.39 is 0 Å². The highest BCUT2D eigenvalue weighted by Gasteiger charge is 2.44. The van der Waals surface area contributed by atoms with E-state index in [1.54, 1.807) is 0 Å². The van der Waals surface area contributed by atoms with Gasteiger partial charge in [-0.3, -0.25) is 0 Å². The zero-order valence-corrected chi connectivity index (χ0v) is 26.9. The number of nitrogens with two attached hydrogens (primary N) is 4. The molecule has 0 aliphatic rings. The van der Waals surface area contributed by atoms with Gasteiger partial charge in [-0.25, -0.2) is 0 Å². The molecular formula is C31H72N4. The highest BCUT2D eigenvalue weighted by molar-refractivity contribution is 4.96. The summed E-state index contributed by atoms with van der Waals surface area (Å²) in [5.41, 5.74) is 24.4. The molecule has 4 heteroatoms. The fourth-order valence-corrected chi connectivity index (χ4v) is 7.15. The van der Waals surface area contributed by atoms with Crippen LogP contribution in [0, 0.1) is 21.7 Å². The van der Waals surface area contributed by atoms with Crippen LogP contribution >= 0.6 is 0 Å². The lowest BCUT2D eigenvalue weighted by atomic mass is 9.56. The quantitative estimate of drug-likeness (QED) is 0.161. The van der Waals surface area contributed by atoms with Crippen LogP contribution in [0.15, 0.2) is 0 Å². The average molecular weight is 501 g/mol. The Labute approximate surface area is 223 Å². The number of rotatable bonds is 16. The van der Waals surface area contributed by atoms with Crippen LogP contribution in [0.3, 0.4) is 0 Å². The summed E-state index contributed by atoms with van der Waals surface area (Å²) in [5.74, 6) is 0. The lowest BCUT2D eigenvalue weighted by Crippen LogP contribution is -2.42. The minimum atomic E-state index is -0.146. The predicted molar refractivity (Wildman–Crippen MR) is 163 cm³/mol. The Bertz CT molecular complexity index is 489. The molecule has 0 heterocycles. The fourth-order valence-electron chi connectivity index (χ4n) is 7.15. The van der Waals surface area contributed by atoms with E-state index in [2.05, 4.69) is 69.2 Å². The molecule has 0 aromatic heterocycles. The van der Waals surface area contributed by atoms with Crippen molar-refractivity contribution in [2.45, 2.75) is 166 Å². The summed E-state index contributed by atoms with van der Waals surface area (Å²) >= 11 is 0. The molecule has 2 atom stereocenters. The maximum Gasteiger partial charge on any atom is 0.0102 e. The summed E-state index contributed by atoms with van der Waals surface area (Å²) in [5, 5.41) is 0. The molecule has 0 bridgehead atoms. The first kappa shape index (κ1) is 39.4. The highest BCUT2D eigenvalue weighted by atomic mass is 14.7. The first-order valence-electron chi connectivity index (χ1n) is 14.7. The molecule has 216 valence electrons. The van der Waals surface area contributed by atoms with Gasteiger partial charge in [0.25, 0.3) is 0 Å². The zero-order valence-electron chi connectivity index (χ0n) is 26.9. The summed E-state index contributed by atoms with van der Waals surface area (Å²) in [6.45, 7) is 30.9. The Morgan fingerprint density at radius 1 is 0.657 bits per heavy atom. The molecule has 0 saturated heterocycles. The molecular weight excluding hydrogens is 428 g/mol. The smallest absolute Gasteiger partial charge is 0.0102 e. The van der Waals surface area contributed by atoms with E-state index >= 15 is 0 Å². The maximum atomic E-state index is 6.50. The Balaban J connectivity index is -0.00000189. The van der Waals surface area contributed by atoms with E-state index in [0.29, 0.717) is 10.8 Å². The minimum Gasteiger partial charge on any atom is -0.331 e. The Kier molecular flexibility index (Phi) is 20.4. The van der Waals surface area contributed by atoms with E-state index in [1.807, 2.05) is 20.8 Å². The summed E-state index contributed by atoms with van der Waals surface area (Å²) in [6.07, 6.45) is 12.0. The summed E-state index contributed by atoms with van der Waals surface area (Å²) in [6, 6.07) is 0.237. The average Bonchev–Trinajstić information content (AvgIpc) is 2.59. The minimum absolute atomic E-state index is 0.146. The molecule has 8 N–H and O–H groups in total. The Hall–Kier alpha value is -0.160. The number of hydrogen-bond acceptors (Lipinski definition) is 4. The molecule has 0 saturated carbocycles. The van der Waals surface area contributed by atoms with E-state index in [0.717, 1.165) is 32.4 Å². The molecule has 0 spiro atoms. The third kappa shape index (κ3) is 22.7. The molecule has 0 aromatic carbocycles. The van der Waals surface area contributed by atoms with Crippen molar-refractivity contribution in [3.63, 3.8) is 0 Å². The van der Waals surface area contributed by atoms with Crippen molar-refractivity contribution < 1.29 is 0 Å². The second-order valence-corrected chi connectivity index (χ2v) is 14.3. The van der Waals surface area contributed by atoms with E-state index in [1.165, 1.54) is 44.9 Å². The van der Waals surface area contributed by atoms with Crippen LogP contribution < -0.4 is 22.9 Å². The van der Waals surface area contributed by atoms with Crippen LogP contribution in [0.1, 0.15) is 154 Å². The topological polar surface area (TPSA) is 104 Å². The lowest BCUT2D eigenvalue weighted by Gasteiger charge is -2.50. The van der Waals surface area contributed by atoms with Crippen LogP contribution in [0.2, 0.25) is 0 Å². The number of unbranched alkanes of at least 4 members (excludes halogenated alkanes) is 1. The van der Waals surface area contributed by atoms with Gasteiger partial charge >= 0.3 is 0 Å². The van der Waals surface area contributed by atoms with Crippen LogP contribution in [-0.2, 0) is 0 Å². The monoisotopic (exact) mass is 501 g/mol. The van der Waals surface area contributed by atoms with Crippen LogP contribution in [0.4, 0.5) is 0 Å². The second kappa shape index (κ2) is 18.2. The van der Waals surface area contributed by atoms with Gasteiger partial charge in [0.2, 0.25) is 0 Å². The summed E-state index contributed by atoms with van der Waals surface area (Å²) < 4.78 is 0. The molecule has 0 amide bonds. The number of hydrogen-bond donors (Lipinski definition) is 4. The second-order valence-electron chi connectivity index (χ2n) is 14.3. The van der Waals surface area contributed by atoms with E-state index in [-0.39, 0.29) is 22.4 Å². The molecule has 2 unspecified atom stereocenters. The van der Waals surface area contributed by atoms with Gasteiger partial charge in [-0.1, -0.05) is 82.1 Å². The lowest BCUT2D eigenvalue weighted by molar-refractivity contribution is 0.0188. The van der Waals surface area contributed by atoms with Crippen molar-refractivity contribution in [2.24, 2.45) is 44.6 Å². The van der Waals surface area contributed by atoms with E-state index in [9.17, 15) is 0 Å². The van der Waals surface area contributed by atoms with Crippen molar-refractivity contribution in [3.05, 3.63) is 0 Å². The molecule has 35 heavy (non-hydrogen) atoms. The van der Waals surface area contributed by atoms with Crippen LogP contribution in [0.5, 0.6) is 0 Å². The third-order valence-corrected chi connectivity index (χ3v) is 6.46. The van der Waals surface area contributed by atoms with E-state index in [4.69, 9.17) is 22.9 Å². The molecule has 0 fully saturated rings. The van der Waals surface area contributed by atoms with Gasteiger partial charge in [0.1, 0.15) is 0 Å². The van der Waals surface area contributed by atoms with Crippen LogP contribution in [-0.4, -0.2) is 24.7 Å². The first-order valence-corrected chi connectivity index (χ1v) is 14.7. The molecule has 0 aromatic rings. The Morgan fingerprint density at radius 3 is 1.46 bits per heavy atom. The van der Waals surface area contributed by atoms with Gasteiger partial charge in [-0.15, -0.1) is 0 Å². The third-order valence-electron chi connectivity index (χ3n) is 6.46. The first-order chi connectivity index (χ1) is 15.8. The van der Waals surface area contributed by atoms with Gasteiger partial charge in [0, 0.05) is 11.6 Å². The SMILES string of the molecule is CC.CCCC(C)(C)CC(CCCCN)(CC(C)(C)CC(C)N)CC(C)(C)CC(C)(C)N.CCN. The van der Waals surface area contributed by atoms with Crippen LogP contribution in [0.25, 0.3) is 0 Å². The highest BCUT2D eigenvalue weighted by Crippen LogP contribution is 2.54. The normalized spacial score (nSPS) is 15.3. The zero-order chi connectivity index (χ0) is 28.6. The van der Waals surface area contributed by atoms with Gasteiger partial charge < -0.3 is 22.9 Å². The molecule has 0 aliphatic carbocycles. The molecule has 0 aliphatic heterocycles. The van der Waals surface area contributed by atoms with Crippen molar-refractivity contribution in [2.75, 3.05) is 13.1 Å². The van der Waals surface area contributed by atoms with Gasteiger partial charge in [-0.2, -0.15) is 0 Å². The van der Waals surface area contributed by atoms with Gasteiger partial charge in [0.05, 0.1) is 0 Å². The Morgan fingerprint density at radius 2 is 1.09 bits per heavy atom. The predicted octanol–water partition coefficient (Wildman–Crippen LogP) is 8.01. The van der Waals surface area contributed by atoms with Gasteiger partial charge in [-0.05, 0) is 107 Å². The van der Waals surface area contributed by atoms with Gasteiger partial charge in [0.15, 0.2) is 0 Å². The molecule has 4 nitrogen and oxygen atoms in total. The summed E-state index contributed by atoms with van der Waals surface area (Å²) in [4.78, 5) is 0. The van der Waals surface area contributed by atoms with Crippen molar-refractivity contribution in [3.8, 4) is 0 Å².